The number of hydrogen-bond donors (Lipinski definition) is 1. The first-order valence-corrected chi connectivity index (χ1v) is 4.34. The molecule has 1 aromatic heterocycles. The Morgan fingerprint density at radius 2 is 2.50 bits per heavy atom. The summed E-state index contributed by atoms with van der Waals surface area (Å²) in [5.41, 5.74) is 2.17. The van der Waals surface area contributed by atoms with E-state index >= 15 is 0 Å². The van der Waals surface area contributed by atoms with E-state index < -0.39 is 0 Å². The van der Waals surface area contributed by atoms with Crippen molar-refractivity contribution in [2.45, 2.75) is 18.1 Å². The standard InChI is InChI=1S/C7H8O2S/c8-1-5-2-9-7-4-10-3-6(5)7/h2,8H,1,3-4H2. The lowest BCUT2D eigenvalue weighted by molar-refractivity contribution is 0.280. The lowest BCUT2D eigenvalue weighted by Crippen LogP contribution is -1.83. The molecule has 3 heteroatoms. The van der Waals surface area contributed by atoms with Gasteiger partial charge in [-0.2, -0.15) is 0 Å². The van der Waals surface area contributed by atoms with Crippen LogP contribution in [0.25, 0.3) is 0 Å². The van der Waals surface area contributed by atoms with Gasteiger partial charge in [0, 0.05) is 16.9 Å². The maximum absolute atomic E-state index is 8.82. The fourth-order valence-corrected chi connectivity index (χ4v) is 2.22. The number of rotatable bonds is 1. The van der Waals surface area contributed by atoms with Crippen LogP contribution in [0.15, 0.2) is 10.7 Å². The van der Waals surface area contributed by atoms with E-state index in [4.69, 9.17) is 9.52 Å². The molecule has 0 saturated carbocycles. The molecule has 0 amide bonds. The lowest BCUT2D eigenvalue weighted by Gasteiger charge is -1.89. The van der Waals surface area contributed by atoms with Crippen LogP contribution in [-0.2, 0) is 18.1 Å². The van der Waals surface area contributed by atoms with Gasteiger partial charge in [0.2, 0.25) is 0 Å². The molecule has 0 aromatic carbocycles. The normalized spacial score (nSPS) is 15.7. The van der Waals surface area contributed by atoms with Gasteiger partial charge in [0.1, 0.15) is 5.76 Å². The minimum absolute atomic E-state index is 0.111. The molecule has 0 atom stereocenters. The van der Waals surface area contributed by atoms with E-state index in [1.54, 1.807) is 6.26 Å². The van der Waals surface area contributed by atoms with Crippen LogP contribution in [0.4, 0.5) is 0 Å². The van der Waals surface area contributed by atoms with Crippen molar-refractivity contribution in [2.24, 2.45) is 0 Å². The number of aliphatic hydroxyl groups is 1. The van der Waals surface area contributed by atoms with Crippen molar-refractivity contribution in [2.75, 3.05) is 0 Å². The van der Waals surface area contributed by atoms with Crippen LogP contribution in [0.1, 0.15) is 16.9 Å². The van der Waals surface area contributed by atoms with Gasteiger partial charge in [-0.1, -0.05) is 0 Å². The summed E-state index contributed by atoms with van der Waals surface area (Å²) in [6.45, 7) is 0.111. The fraction of sp³-hybridized carbons (Fsp3) is 0.429. The van der Waals surface area contributed by atoms with E-state index in [1.165, 1.54) is 5.56 Å². The molecule has 1 aromatic rings. The summed E-state index contributed by atoms with van der Waals surface area (Å²) in [5, 5.41) is 8.82. The van der Waals surface area contributed by atoms with E-state index in [0.717, 1.165) is 22.8 Å². The van der Waals surface area contributed by atoms with Gasteiger partial charge in [-0.15, -0.1) is 11.8 Å². The zero-order chi connectivity index (χ0) is 6.97. The molecule has 1 aliphatic heterocycles. The van der Waals surface area contributed by atoms with Crippen LogP contribution >= 0.6 is 11.8 Å². The first-order chi connectivity index (χ1) is 4.92. The number of thioether (sulfide) groups is 1. The maximum atomic E-state index is 8.82. The van der Waals surface area contributed by atoms with E-state index in [2.05, 4.69) is 0 Å². The van der Waals surface area contributed by atoms with Crippen molar-refractivity contribution in [1.82, 2.24) is 0 Å². The van der Waals surface area contributed by atoms with Crippen LogP contribution in [0.5, 0.6) is 0 Å². The highest BCUT2D eigenvalue weighted by Crippen LogP contribution is 2.33. The maximum Gasteiger partial charge on any atom is 0.118 e. The van der Waals surface area contributed by atoms with Crippen molar-refractivity contribution >= 4 is 11.8 Å². The zero-order valence-electron chi connectivity index (χ0n) is 5.46. The highest BCUT2D eigenvalue weighted by atomic mass is 32.2. The summed E-state index contributed by atoms with van der Waals surface area (Å²) in [5.74, 6) is 3.02. The van der Waals surface area contributed by atoms with E-state index in [9.17, 15) is 0 Å². The summed E-state index contributed by atoms with van der Waals surface area (Å²) in [4.78, 5) is 0. The fourth-order valence-electron chi connectivity index (χ4n) is 1.14. The molecule has 0 saturated heterocycles. The Kier molecular flexibility index (Phi) is 1.47. The lowest BCUT2D eigenvalue weighted by atomic mass is 10.2. The van der Waals surface area contributed by atoms with Gasteiger partial charge in [0.05, 0.1) is 18.6 Å². The summed E-state index contributed by atoms with van der Waals surface area (Å²) in [6.07, 6.45) is 1.66. The van der Waals surface area contributed by atoms with E-state index in [1.807, 2.05) is 11.8 Å². The van der Waals surface area contributed by atoms with Gasteiger partial charge >= 0.3 is 0 Å². The van der Waals surface area contributed by atoms with Gasteiger partial charge in [-0.05, 0) is 0 Å². The second-order valence-electron chi connectivity index (χ2n) is 2.31. The van der Waals surface area contributed by atoms with Crippen molar-refractivity contribution in [3.05, 3.63) is 23.2 Å². The van der Waals surface area contributed by atoms with E-state index in [0.29, 0.717) is 0 Å². The Bertz CT molecular complexity index is 242. The zero-order valence-corrected chi connectivity index (χ0v) is 6.28. The summed E-state index contributed by atoms with van der Waals surface area (Å²) in [7, 11) is 0. The van der Waals surface area contributed by atoms with Crippen LogP contribution < -0.4 is 0 Å². The topological polar surface area (TPSA) is 33.4 Å². The summed E-state index contributed by atoms with van der Waals surface area (Å²) < 4.78 is 5.22. The second-order valence-corrected chi connectivity index (χ2v) is 3.30. The first kappa shape index (κ1) is 6.31. The molecular weight excluding hydrogens is 148 g/mol. The SMILES string of the molecule is OCc1coc2c1CSC2. The molecule has 2 rings (SSSR count). The number of furan rings is 1. The molecule has 0 bridgehead atoms. The van der Waals surface area contributed by atoms with E-state index in [-0.39, 0.29) is 6.61 Å². The Balaban J connectivity index is 2.44. The van der Waals surface area contributed by atoms with Gasteiger partial charge in [0.15, 0.2) is 0 Å². The molecule has 10 heavy (non-hydrogen) atoms. The first-order valence-electron chi connectivity index (χ1n) is 3.18. The Hall–Kier alpha value is -0.410. The Morgan fingerprint density at radius 3 is 3.30 bits per heavy atom. The van der Waals surface area contributed by atoms with Crippen molar-refractivity contribution in [3.63, 3.8) is 0 Å². The van der Waals surface area contributed by atoms with Crippen LogP contribution in [-0.4, -0.2) is 5.11 Å². The summed E-state index contributed by atoms with van der Waals surface area (Å²) >= 11 is 1.83. The third-order valence-corrected chi connectivity index (χ3v) is 2.68. The van der Waals surface area contributed by atoms with Crippen LogP contribution in [0.2, 0.25) is 0 Å². The molecule has 54 valence electrons. The predicted octanol–water partition coefficient (Wildman–Crippen LogP) is 1.52. The van der Waals surface area contributed by atoms with Crippen LogP contribution in [0, 0.1) is 0 Å². The predicted molar refractivity (Wildman–Crippen MR) is 39.6 cm³/mol. The quantitative estimate of drug-likeness (QED) is 0.669. The molecule has 0 aliphatic carbocycles. The molecule has 1 N–H and O–H groups in total. The Labute approximate surface area is 63.2 Å². The average molecular weight is 156 g/mol. The number of aliphatic hydroxyl groups excluding tert-OH is 1. The minimum Gasteiger partial charge on any atom is -0.468 e. The van der Waals surface area contributed by atoms with Crippen molar-refractivity contribution < 1.29 is 9.52 Å². The van der Waals surface area contributed by atoms with Crippen LogP contribution in [0.3, 0.4) is 0 Å². The average Bonchev–Trinajstić information content (AvgIpc) is 2.44. The molecule has 2 nitrogen and oxygen atoms in total. The monoisotopic (exact) mass is 156 g/mol. The second kappa shape index (κ2) is 2.32. The number of hydrogen-bond acceptors (Lipinski definition) is 3. The molecule has 0 fully saturated rings. The largest absolute Gasteiger partial charge is 0.468 e. The third-order valence-electron chi connectivity index (χ3n) is 1.72. The number of fused-ring (bicyclic) bond motifs is 1. The summed E-state index contributed by atoms with van der Waals surface area (Å²) in [6, 6.07) is 0. The van der Waals surface area contributed by atoms with Gasteiger partial charge in [-0.25, -0.2) is 0 Å². The van der Waals surface area contributed by atoms with Gasteiger partial charge in [-0.3, -0.25) is 0 Å². The van der Waals surface area contributed by atoms with Gasteiger partial charge < -0.3 is 9.52 Å². The highest BCUT2D eigenvalue weighted by molar-refractivity contribution is 7.98. The van der Waals surface area contributed by atoms with Crippen molar-refractivity contribution in [3.8, 4) is 0 Å². The highest BCUT2D eigenvalue weighted by Gasteiger charge is 2.18. The molecule has 1 aliphatic rings. The van der Waals surface area contributed by atoms with Crippen molar-refractivity contribution in [1.29, 1.82) is 0 Å². The van der Waals surface area contributed by atoms with Gasteiger partial charge in [0.25, 0.3) is 0 Å². The molecule has 0 radical (unpaired) electrons. The Morgan fingerprint density at radius 1 is 1.60 bits per heavy atom. The molecular formula is C7H8O2S. The molecule has 0 unspecified atom stereocenters. The molecule has 2 heterocycles. The smallest absolute Gasteiger partial charge is 0.118 e. The molecule has 0 spiro atoms. The third kappa shape index (κ3) is 0.777. The minimum atomic E-state index is 0.111.